The zero-order valence-corrected chi connectivity index (χ0v) is 28.7. The third-order valence-electron chi connectivity index (χ3n) is 10.9. The number of thiophene rings is 1. The fraction of sp³-hybridized carbons (Fsp3) is 0. The van der Waals surface area contributed by atoms with Gasteiger partial charge >= 0.3 is 0 Å². The van der Waals surface area contributed by atoms with Gasteiger partial charge in [-0.25, -0.2) is 0 Å². The molecule has 0 aliphatic carbocycles. The highest BCUT2D eigenvalue weighted by molar-refractivity contribution is 7.27. The average Bonchev–Trinajstić information content (AvgIpc) is 3.96. The fourth-order valence-electron chi connectivity index (χ4n) is 8.69. The Hall–Kier alpha value is -6.62. The maximum atomic E-state index is 6.75. The summed E-state index contributed by atoms with van der Waals surface area (Å²) in [4.78, 5) is 0. The van der Waals surface area contributed by atoms with E-state index < -0.39 is 0 Å². The molecule has 0 aliphatic heterocycles. The Balaban J connectivity index is 1.11. The van der Waals surface area contributed by atoms with Crippen molar-refractivity contribution < 1.29 is 4.42 Å². The Morgan fingerprint density at radius 3 is 1.85 bits per heavy atom. The van der Waals surface area contributed by atoms with Crippen LogP contribution in [0.25, 0.3) is 108 Å². The molecular weight excluding hydrogens is 653 g/mol. The molecule has 0 N–H and O–H groups in total. The lowest BCUT2D eigenvalue weighted by Crippen LogP contribution is -1.94. The minimum Gasteiger partial charge on any atom is -0.455 e. The van der Waals surface area contributed by atoms with Crippen LogP contribution in [0.2, 0.25) is 0 Å². The molecule has 0 saturated carbocycles. The molecule has 0 radical (unpaired) electrons. The molecule has 52 heavy (non-hydrogen) atoms. The van der Waals surface area contributed by atoms with Crippen LogP contribution < -0.4 is 0 Å². The topological polar surface area (TPSA) is 23.0 Å². The molecular formula is C48H28N2OS. The van der Waals surface area contributed by atoms with Crippen molar-refractivity contribution in [1.29, 1.82) is 0 Å². The Labute approximate surface area is 301 Å². The second-order valence-corrected chi connectivity index (χ2v) is 14.7. The van der Waals surface area contributed by atoms with Gasteiger partial charge in [0, 0.05) is 59.2 Å². The third kappa shape index (κ3) is 3.74. The average molecular weight is 681 g/mol. The van der Waals surface area contributed by atoms with Crippen LogP contribution in [0.5, 0.6) is 0 Å². The second kappa shape index (κ2) is 10.5. The van der Waals surface area contributed by atoms with E-state index in [1.165, 1.54) is 86.0 Å². The number of benzene rings is 8. The van der Waals surface area contributed by atoms with E-state index in [4.69, 9.17) is 4.42 Å². The smallest absolute Gasteiger partial charge is 0.145 e. The van der Waals surface area contributed by atoms with Crippen molar-refractivity contribution in [2.45, 2.75) is 0 Å². The van der Waals surface area contributed by atoms with Crippen molar-refractivity contribution in [1.82, 2.24) is 9.13 Å². The van der Waals surface area contributed by atoms with Crippen molar-refractivity contribution in [3.05, 3.63) is 170 Å². The minimum absolute atomic E-state index is 0.923. The molecule has 3 nitrogen and oxygen atoms in total. The van der Waals surface area contributed by atoms with Crippen LogP contribution in [0.4, 0.5) is 0 Å². The van der Waals surface area contributed by atoms with Crippen LogP contribution in [0, 0.1) is 0 Å². The van der Waals surface area contributed by atoms with E-state index in [9.17, 15) is 0 Å². The standard InChI is InChI=1S/C48H28N2OS/c1-2-12-31(13-3-1)49-38-18-8-4-14-33(38)37-28-30(24-27-40(37)49)29-22-25-32(26-23-29)50-39-19-9-5-15-34(39)43-44-35-16-6-10-20-41(35)51-47(44)45-36-17-7-11-21-42(36)52-48(45)46(43)50/h1-28H. The second-order valence-electron chi connectivity index (χ2n) is 13.6. The minimum atomic E-state index is 0.923. The largest absolute Gasteiger partial charge is 0.455 e. The quantitative estimate of drug-likeness (QED) is 0.182. The molecule has 4 heteroatoms. The summed E-state index contributed by atoms with van der Waals surface area (Å²) in [6.45, 7) is 0. The summed E-state index contributed by atoms with van der Waals surface area (Å²) in [6.07, 6.45) is 0. The molecule has 4 heterocycles. The lowest BCUT2D eigenvalue weighted by Gasteiger charge is -2.11. The lowest BCUT2D eigenvalue weighted by atomic mass is 10.0. The normalized spacial score (nSPS) is 12.2. The van der Waals surface area contributed by atoms with Gasteiger partial charge in [-0.3, -0.25) is 0 Å². The highest BCUT2D eigenvalue weighted by Gasteiger charge is 2.25. The highest BCUT2D eigenvalue weighted by Crippen LogP contribution is 2.50. The number of aromatic nitrogens is 2. The van der Waals surface area contributed by atoms with E-state index in [0.29, 0.717) is 0 Å². The van der Waals surface area contributed by atoms with Crippen LogP contribution >= 0.6 is 11.3 Å². The summed E-state index contributed by atoms with van der Waals surface area (Å²) in [5.41, 5.74) is 11.5. The van der Waals surface area contributed by atoms with Crippen LogP contribution in [0.3, 0.4) is 0 Å². The third-order valence-corrected chi connectivity index (χ3v) is 12.1. The molecule has 0 aliphatic rings. The maximum absolute atomic E-state index is 6.75. The summed E-state index contributed by atoms with van der Waals surface area (Å²) in [5.74, 6) is 0. The van der Waals surface area contributed by atoms with Gasteiger partial charge in [-0.1, -0.05) is 109 Å². The summed E-state index contributed by atoms with van der Waals surface area (Å²) in [5, 5.41) is 9.78. The molecule has 242 valence electrons. The number of hydrogen-bond acceptors (Lipinski definition) is 2. The molecule has 0 saturated heterocycles. The Morgan fingerprint density at radius 1 is 0.404 bits per heavy atom. The maximum Gasteiger partial charge on any atom is 0.145 e. The first-order valence-electron chi connectivity index (χ1n) is 17.7. The zero-order valence-electron chi connectivity index (χ0n) is 27.9. The fourth-order valence-corrected chi connectivity index (χ4v) is 9.94. The summed E-state index contributed by atoms with van der Waals surface area (Å²) >= 11 is 1.86. The molecule has 4 aromatic heterocycles. The molecule has 8 aromatic carbocycles. The SMILES string of the molecule is c1ccc(-n2c3ccccc3c3cc(-c4ccc(-n5c6ccccc6c6c7c8ccccc8oc7c7c8ccccc8sc7c65)cc4)ccc32)cc1. The first-order valence-corrected chi connectivity index (χ1v) is 18.5. The molecule has 0 fully saturated rings. The van der Waals surface area contributed by atoms with Crippen molar-refractivity contribution >= 4 is 97.1 Å². The number of furan rings is 1. The molecule has 0 atom stereocenters. The monoisotopic (exact) mass is 680 g/mol. The van der Waals surface area contributed by atoms with Crippen LogP contribution in [0.15, 0.2) is 174 Å². The first kappa shape index (κ1) is 28.1. The Kier molecular flexibility index (Phi) is 5.65. The van der Waals surface area contributed by atoms with E-state index in [2.05, 4.69) is 179 Å². The van der Waals surface area contributed by atoms with Crippen molar-refractivity contribution in [3.8, 4) is 22.5 Å². The van der Waals surface area contributed by atoms with Gasteiger partial charge in [0.1, 0.15) is 11.2 Å². The first-order chi connectivity index (χ1) is 25.8. The number of nitrogens with zero attached hydrogens (tertiary/aromatic N) is 2. The summed E-state index contributed by atoms with van der Waals surface area (Å²) in [6, 6.07) is 61.4. The number of fused-ring (bicyclic) bond motifs is 15. The van der Waals surface area contributed by atoms with Gasteiger partial charge in [0.25, 0.3) is 0 Å². The molecule has 12 rings (SSSR count). The lowest BCUT2D eigenvalue weighted by molar-refractivity contribution is 0.673. The molecule has 0 amide bonds. The number of hydrogen-bond donors (Lipinski definition) is 0. The molecule has 0 spiro atoms. The predicted octanol–water partition coefficient (Wildman–Crippen LogP) is 13.8. The predicted molar refractivity (Wildman–Crippen MR) is 221 cm³/mol. The summed E-state index contributed by atoms with van der Waals surface area (Å²) in [7, 11) is 0. The van der Waals surface area contributed by atoms with Crippen molar-refractivity contribution in [3.63, 3.8) is 0 Å². The van der Waals surface area contributed by atoms with Gasteiger partial charge in [0.05, 0.1) is 26.8 Å². The van der Waals surface area contributed by atoms with E-state index >= 15 is 0 Å². The van der Waals surface area contributed by atoms with Gasteiger partial charge in [-0.2, -0.15) is 0 Å². The molecule has 0 unspecified atom stereocenters. The van der Waals surface area contributed by atoms with Gasteiger partial charge in [-0.05, 0) is 71.8 Å². The Morgan fingerprint density at radius 2 is 1.02 bits per heavy atom. The van der Waals surface area contributed by atoms with Crippen molar-refractivity contribution in [2.24, 2.45) is 0 Å². The van der Waals surface area contributed by atoms with Gasteiger partial charge in [-0.15, -0.1) is 11.3 Å². The van der Waals surface area contributed by atoms with Crippen molar-refractivity contribution in [2.75, 3.05) is 0 Å². The van der Waals surface area contributed by atoms with Crippen LogP contribution in [-0.4, -0.2) is 9.13 Å². The van der Waals surface area contributed by atoms with Gasteiger partial charge < -0.3 is 13.6 Å². The van der Waals surface area contributed by atoms with Gasteiger partial charge in [0.2, 0.25) is 0 Å². The highest BCUT2D eigenvalue weighted by atomic mass is 32.1. The summed E-state index contributed by atoms with van der Waals surface area (Å²) < 4.78 is 14.1. The van der Waals surface area contributed by atoms with E-state index in [1.54, 1.807) is 0 Å². The zero-order chi connectivity index (χ0) is 33.9. The number of rotatable bonds is 3. The number of para-hydroxylation sites is 4. The van der Waals surface area contributed by atoms with E-state index in [1.807, 2.05) is 11.3 Å². The Bertz CT molecular complexity index is 3390. The van der Waals surface area contributed by atoms with Gasteiger partial charge in [0.15, 0.2) is 0 Å². The van der Waals surface area contributed by atoms with E-state index in [-0.39, 0.29) is 0 Å². The molecule has 12 aromatic rings. The van der Waals surface area contributed by atoms with Crippen LogP contribution in [-0.2, 0) is 0 Å². The van der Waals surface area contributed by atoms with E-state index in [0.717, 1.165) is 22.2 Å². The van der Waals surface area contributed by atoms with Crippen LogP contribution in [0.1, 0.15) is 0 Å². The molecule has 0 bridgehead atoms.